The molecule has 1 amide bonds. The van der Waals surface area contributed by atoms with Gasteiger partial charge in [-0.3, -0.25) is 14.0 Å². The maximum atomic E-state index is 13.1. The number of likely N-dealkylation sites (N-methyl/N-ethyl adjacent to an activating group) is 1. The lowest BCUT2D eigenvalue weighted by molar-refractivity contribution is -0.116. The van der Waals surface area contributed by atoms with Crippen LogP contribution < -0.4 is 15.6 Å². The van der Waals surface area contributed by atoms with Crippen LogP contribution in [-0.2, 0) is 4.79 Å². The Morgan fingerprint density at radius 3 is 2.79 bits per heavy atom. The number of pyridine rings is 1. The molecule has 2 heterocycles. The van der Waals surface area contributed by atoms with E-state index in [1.54, 1.807) is 37.4 Å². The van der Waals surface area contributed by atoms with Crippen molar-refractivity contribution in [3.8, 4) is 17.7 Å². The number of aromatic nitrogens is 2. The van der Waals surface area contributed by atoms with E-state index in [0.29, 0.717) is 17.9 Å². The number of carbonyl (C=O) groups is 1. The molecule has 0 saturated carbocycles. The van der Waals surface area contributed by atoms with E-state index in [2.05, 4.69) is 10.3 Å². The number of hydrogen-bond donors (Lipinski definition) is 1. The lowest BCUT2D eigenvalue weighted by atomic mass is 10.1. The summed E-state index contributed by atoms with van der Waals surface area (Å²) in [6, 6.07) is 12.6. The Morgan fingerprint density at radius 2 is 2.07 bits per heavy atom. The van der Waals surface area contributed by atoms with Gasteiger partial charge in [-0.15, -0.1) is 0 Å². The van der Waals surface area contributed by atoms with Gasteiger partial charge in [0, 0.05) is 12.7 Å². The minimum absolute atomic E-state index is 0.0254. The zero-order valence-corrected chi connectivity index (χ0v) is 16.4. The number of ether oxygens (including phenoxy) is 1. The molecule has 0 fully saturated rings. The largest absolute Gasteiger partial charge is 0.438 e. The van der Waals surface area contributed by atoms with Crippen molar-refractivity contribution in [1.29, 1.82) is 5.26 Å². The van der Waals surface area contributed by atoms with Gasteiger partial charge in [0.05, 0.1) is 0 Å². The molecule has 2 aromatic heterocycles. The molecule has 7 heteroatoms. The summed E-state index contributed by atoms with van der Waals surface area (Å²) < 4.78 is 7.33. The van der Waals surface area contributed by atoms with Crippen molar-refractivity contribution in [1.82, 2.24) is 14.7 Å². The Bertz CT molecular complexity index is 1220. The number of fused-ring (bicyclic) bond motifs is 1. The fraction of sp³-hybridized carbons (Fsp3) is 0.182. The van der Waals surface area contributed by atoms with E-state index in [-0.39, 0.29) is 17.0 Å². The first kappa shape index (κ1) is 19.8. The predicted octanol–water partition coefficient (Wildman–Crippen LogP) is 3.15. The smallest absolute Gasteiger partial charge is 0.269 e. The number of benzene rings is 1. The summed E-state index contributed by atoms with van der Waals surface area (Å²) in [4.78, 5) is 29.7. The van der Waals surface area contributed by atoms with E-state index in [4.69, 9.17) is 4.74 Å². The highest BCUT2D eigenvalue weighted by Gasteiger charge is 2.17. The van der Waals surface area contributed by atoms with Crippen molar-refractivity contribution >= 4 is 17.6 Å². The van der Waals surface area contributed by atoms with Crippen molar-refractivity contribution in [3.05, 3.63) is 75.2 Å². The number of amides is 1. The van der Waals surface area contributed by atoms with Gasteiger partial charge in [0.2, 0.25) is 5.88 Å². The second kappa shape index (κ2) is 8.40. The molecule has 0 saturated heterocycles. The van der Waals surface area contributed by atoms with Gasteiger partial charge in [0.25, 0.3) is 11.5 Å². The van der Waals surface area contributed by atoms with E-state index in [0.717, 1.165) is 11.1 Å². The summed E-state index contributed by atoms with van der Waals surface area (Å²) in [7, 11) is 0. The van der Waals surface area contributed by atoms with E-state index in [1.165, 1.54) is 10.5 Å². The van der Waals surface area contributed by atoms with E-state index in [9.17, 15) is 14.9 Å². The minimum atomic E-state index is -0.565. The van der Waals surface area contributed by atoms with E-state index in [1.807, 2.05) is 32.0 Å². The highest BCUT2D eigenvalue weighted by atomic mass is 16.5. The molecule has 0 aliphatic carbocycles. The molecule has 29 heavy (non-hydrogen) atoms. The maximum Gasteiger partial charge on any atom is 0.269 e. The van der Waals surface area contributed by atoms with Crippen LogP contribution in [0.5, 0.6) is 11.6 Å². The van der Waals surface area contributed by atoms with Crippen LogP contribution >= 0.6 is 0 Å². The van der Waals surface area contributed by atoms with Gasteiger partial charge >= 0.3 is 0 Å². The summed E-state index contributed by atoms with van der Waals surface area (Å²) >= 11 is 0. The first-order chi connectivity index (χ1) is 14.0. The third kappa shape index (κ3) is 4.01. The Labute approximate surface area is 167 Å². The fourth-order valence-corrected chi connectivity index (χ4v) is 2.77. The molecule has 0 unspecified atom stereocenters. The van der Waals surface area contributed by atoms with Crippen molar-refractivity contribution in [2.75, 3.05) is 6.54 Å². The van der Waals surface area contributed by atoms with Crippen molar-refractivity contribution < 1.29 is 9.53 Å². The molecule has 0 aliphatic rings. The number of nitriles is 1. The standard InChI is InChI=1S/C22H20N4O3/c1-4-24-20(27)16(13-23)12-17-21(29-18-9-7-8-14(2)15(18)3)25-19-10-5-6-11-26(19)22(17)28/h5-12H,4H2,1-3H3,(H,24,27)/b16-12+. The highest BCUT2D eigenvalue weighted by molar-refractivity contribution is 6.01. The number of rotatable bonds is 5. The highest BCUT2D eigenvalue weighted by Crippen LogP contribution is 2.28. The summed E-state index contributed by atoms with van der Waals surface area (Å²) in [5, 5.41) is 12.0. The molecule has 0 radical (unpaired) electrons. The van der Waals surface area contributed by atoms with Gasteiger partial charge < -0.3 is 10.1 Å². The molecule has 0 spiro atoms. The van der Waals surface area contributed by atoms with Crippen LogP contribution in [0.3, 0.4) is 0 Å². The van der Waals surface area contributed by atoms with Crippen molar-refractivity contribution in [2.24, 2.45) is 0 Å². The molecular weight excluding hydrogens is 368 g/mol. The Morgan fingerprint density at radius 1 is 1.28 bits per heavy atom. The third-order valence-corrected chi connectivity index (χ3v) is 4.49. The molecule has 0 atom stereocenters. The van der Waals surface area contributed by atoms with Gasteiger partial charge in [0.1, 0.15) is 28.6 Å². The van der Waals surface area contributed by atoms with Crippen LogP contribution in [0.1, 0.15) is 23.6 Å². The SMILES string of the molecule is CCNC(=O)/C(C#N)=C/c1c(Oc2cccc(C)c2C)nc2ccccn2c1=O. The van der Waals surface area contributed by atoms with Gasteiger partial charge in [-0.2, -0.15) is 10.2 Å². The summed E-state index contributed by atoms with van der Waals surface area (Å²) in [6.07, 6.45) is 2.79. The first-order valence-electron chi connectivity index (χ1n) is 9.11. The molecule has 146 valence electrons. The summed E-state index contributed by atoms with van der Waals surface area (Å²) in [5.74, 6) is 0.0144. The second-order valence-electron chi connectivity index (χ2n) is 6.39. The van der Waals surface area contributed by atoms with Crippen LogP contribution in [0.25, 0.3) is 11.7 Å². The van der Waals surface area contributed by atoms with Gasteiger partial charge in [-0.1, -0.05) is 18.2 Å². The van der Waals surface area contributed by atoms with Gasteiger partial charge in [-0.25, -0.2) is 0 Å². The van der Waals surface area contributed by atoms with Crippen LogP contribution in [0.4, 0.5) is 0 Å². The quantitative estimate of drug-likeness (QED) is 0.535. The molecule has 0 aliphatic heterocycles. The van der Waals surface area contributed by atoms with Crippen molar-refractivity contribution in [3.63, 3.8) is 0 Å². The first-order valence-corrected chi connectivity index (χ1v) is 9.11. The number of nitrogens with zero attached hydrogens (tertiary/aromatic N) is 3. The Kier molecular flexibility index (Phi) is 5.74. The molecule has 3 aromatic rings. The number of carbonyl (C=O) groups excluding carboxylic acids is 1. The summed E-state index contributed by atoms with van der Waals surface area (Å²) in [6.45, 7) is 5.96. The third-order valence-electron chi connectivity index (χ3n) is 4.49. The lowest BCUT2D eigenvalue weighted by Gasteiger charge is -2.13. The summed E-state index contributed by atoms with van der Waals surface area (Å²) in [5.41, 5.74) is 1.71. The number of hydrogen-bond acceptors (Lipinski definition) is 5. The Balaban J connectivity index is 2.24. The molecule has 7 nitrogen and oxygen atoms in total. The minimum Gasteiger partial charge on any atom is -0.438 e. The van der Waals surface area contributed by atoms with Crippen LogP contribution in [0.15, 0.2) is 53.0 Å². The molecule has 3 rings (SSSR count). The maximum absolute atomic E-state index is 13.1. The monoisotopic (exact) mass is 388 g/mol. The van der Waals surface area contributed by atoms with Crippen LogP contribution in [0.2, 0.25) is 0 Å². The lowest BCUT2D eigenvalue weighted by Crippen LogP contribution is -2.25. The molecular formula is C22H20N4O3. The average molecular weight is 388 g/mol. The predicted molar refractivity (Wildman–Crippen MR) is 110 cm³/mol. The van der Waals surface area contributed by atoms with Gasteiger partial charge in [0.15, 0.2) is 0 Å². The average Bonchev–Trinajstić information content (AvgIpc) is 2.71. The fourth-order valence-electron chi connectivity index (χ4n) is 2.77. The number of aryl methyl sites for hydroxylation is 1. The second-order valence-corrected chi connectivity index (χ2v) is 6.39. The van der Waals surface area contributed by atoms with Gasteiger partial charge in [-0.05, 0) is 56.2 Å². The van der Waals surface area contributed by atoms with E-state index >= 15 is 0 Å². The molecule has 0 bridgehead atoms. The van der Waals surface area contributed by atoms with Crippen molar-refractivity contribution in [2.45, 2.75) is 20.8 Å². The number of nitrogens with one attached hydrogen (secondary N) is 1. The zero-order chi connectivity index (χ0) is 21.0. The molecule has 1 aromatic carbocycles. The van der Waals surface area contributed by atoms with Crippen LogP contribution in [-0.4, -0.2) is 21.8 Å². The normalized spacial score (nSPS) is 11.2. The van der Waals surface area contributed by atoms with Crippen LogP contribution in [0, 0.1) is 25.2 Å². The molecule has 1 N–H and O–H groups in total. The topological polar surface area (TPSA) is 96.5 Å². The Hall–Kier alpha value is -3.92. The van der Waals surface area contributed by atoms with E-state index < -0.39 is 11.5 Å². The zero-order valence-electron chi connectivity index (χ0n) is 16.4.